The van der Waals surface area contributed by atoms with E-state index in [1.165, 1.54) is 6.33 Å². The highest BCUT2D eigenvalue weighted by molar-refractivity contribution is 5.76. The maximum Gasteiger partial charge on any atom is 0.311 e. The number of aliphatic carboxylic acids is 1. The number of aromatic nitrogens is 2. The molecule has 0 bridgehead atoms. The van der Waals surface area contributed by atoms with Gasteiger partial charge in [0, 0.05) is 19.2 Å². The van der Waals surface area contributed by atoms with Crippen molar-refractivity contribution in [2.45, 2.75) is 26.7 Å². The molecule has 0 amide bonds. The van der Waals surface area contributed by atoms with Gasteiger partial charge >= 0.3 is 5.97 Å². The van der Waals surface area contributed by atoms with E-state index in [0.717, 1.165) is 12.2 Å². The van der Waals surface area contributed by atoms with Gasteiger partial charge in [-0.15, -0.1) is 0 Å². The molecule has 1 aliphatic rings. The van der Waals surface area contributed by atoms with Gasteiger partial charge in [0.2, 0.25) is 5.88 Å². The maximum absolute atomic E-state index is 11.2. The fourth-order valence-electron chi connectivity index (χ4n) is 2.12. The third-order valence-electron chi connectivity index (χ3n) is 3.40. The predicted molar refractivity (Wildman–Crippen MR) is 70.4 cm³/mol. The number of nitrogens with zero attached hydrogens (tertiary/aromatic N) is 3. The van der Waals surface area contributed by atoms with Crippen LogP contribution in [0.15, 0.2) is 12.4 Å². The first kappa shape index (κ1) is 13.6. The Hall–Kier alpha value is -1.85. The summed E-state index contributed by atoms with van der Waals surface area (Å²) in [6.45, 7) is 5.56. The molecule has 1 saturated heterocycles. The molecule has 104 valence electrons. The van der Waals surface area contributed by atoms with Crippen LogP contribution in [0.2, 0.25) is 0 Å². The van der Waals surface area contributed by atoms with E-state index in [1.807, 2.05) is 11.8 Å². The summed E-state index contributed by atoms with van der Waals surface area (Å²) in [6.07, 6.45) is 2.99. The average molecular weight is 265 g/mol. The van der Waals surface area contributed by atoms with Crippen LogP contribution in [0.25, 0.3) is 0 Å². The third kappa shape index (κ3) is 2.94. The van der Waals surface area contributed by atoms with E-state index < -0.39 is 11.4 Å². The van der Waals surface area contributed by atoms with Gasteiger partial charge in [-0.05, 0) is 19.8 Å². The average Bonchev–Trinajstić information content (AvgIpc) is 2.81. The number of rotatable bonds is 5. The molecule has 2 heterocycles. The van der Waals surface area contributed by atoms with Gasteiger partial charge in [-0.2, -0.15) is 0 Å². The highest BCUT2D eigenvalue weighted by Crippen LogP contribution is 2.33. The zero-order chi connectivity index (χ0) is 13.9. The van der Waals surface area contributed by atoms with Crippen molar-refractivity contribution in [2.24, 2.45) is 5.41 Å². The summed E-state index contributed by atoms with van der Waals surface area (Å²) in [5, 5.41) is 9.22. The smallest absolute Gasteiger partial charge is 0.311 e. The Morgan fingerprint density at radius 1 is 1.58 bits per heavy atom. The summed E-state index contributed by atoms with van der Waals surface area (Å²) in [6, 6.07) is 1.77. The number of anilines is 1. The van der Waals surface area contributed by atoms with Crippen LogP contribution in [0.1, 0.15) is 26.7 Å². The van der Waals surface area contributed by atoms with Crippen molar-refractivity contribution in [1.29, 1.82) is 0 Å². The number of carboxylic acid groups (broad SMARTS) is 1. The van der Waals surface area contributed by atoms with Crippen LogP contribution < -0.4 is 9.64 Å². The Morgan fingerprint density at radius 2 is 2.37 bits per heavy atom. The van der Waals surface area contributed by atoms with Gasteiger partial charge in [0.05, 0.1) is 12.0 Å². The van der Waals surface area contributed by atoms with Gasteiger partial charge in [0.25, 0.3) is 0 Å². The number of ether oxygens (including phenoxy) is 1. The molecule has 1 aliphatic heterocycles. The van der Waals surface area contributed by atoms with Crippen LogP contribution in [0.3, 0.4) is 0 Å². The van der Waals surface area contributed by atoms with E-state index in [1.54, 1.807) is 13.0 Å². The summed E-state index contributed by atoms with van der Waals surface area (Å²) in [4.78, 5) is 21.4. The molecule has 1 aromatic heterocycles. The summed E-state index contributed by atoms with van der Waals surface area (Å²) < 4.78 is 5.46. The molecule has 6 nitrogen and oxygen atoms in total. The second-order valence-electron chi connectivity index (χ2n) is 5.10. The predicted octanol–water partition coefficient (Wildman–Crippen LogP) is 1.57. The molecule has 1 fully saturated rings. The molecule has 19 heavy (non-hydrogen) atoms. The second-order valence-corrected chi connectivity index (χ2v) is 5.10. The Bertz CT molecular complexity index is 466. The Balaban J connectivity index is 2.09. The van der Waals surface area contributed by atoms with Crippen molar-refractivity contribution >= 4 is 11.8 Å². The summed E-state index contributed by atoms with van der Waals surface area (Å²) in [5.74, 6) is 0.508. The van der Waals surface area contributed by atoms with Crippen LogP contribution in [-0.2, 0) is 4.79 Å². The standard InChI is InChI=1S/C13H19N3O3/c1-3-6-19-11-7-10(14-9-15-11)16-5-4-13(2,8-16)12(17)18/h7,9H,3-6,8H2,1-2H3,(H,17,18). The lowest BCUT2D eigenvalue weighted by Crippen LogP contribution is -2.32. The highest BCUT2D eigenvalue weighted by Gasteiger charge is 2.40. The molecular formula is C13H19N3O3. The van der Waals surface area contributed by atoms with Gasteiger partial charge in [0.15, 0.2) is 0 Å². The lowest BCUT2D eigenvalue weighted by molar-refractivity contribution is -0.146. The largest absolute Gasteiger partial charge is 0.481 e. The van der Waals surface area contributed by atoms with Gasteiger partial charge in [-0.3, -0.25) is 4.79 Å². The lowest BCUT2D eigenvalue weighted by Gasteiger charge is -2.20. The summed E-state index contributed by atoms with van der Waals surface area (Å²) >= 11 is 0. The van der Waals surface area contributed by atoms with Crippen LogP contribution in [0.4, 0.5) is 5.82 Å². The zero-order valence-corrected chi connectivity index (χ0v) is 11.3. The topological polar surface area (TPSA) is 75.5 Å². The molecule has 1 atom stereocenters. The summed E-state index contributed by atoms with van der Waals surface area (Å²) in [7, 11) is 0. The number of hydrogen-bond donors (Lipinski definition) is 1. The normalized spacial score (nSPS) is 22.5. The molecule has 0 aliphatic carbocycles. The monoisotopic (exact) mass is 265 g/mol. The van der Waals surface area contributed by atoms with Crippen molar-refractivity contribution in [1.82, 2.24) is 9.97 Å². The number of hydrogen-bond acceptors (Lipinski definition) is 5. The minimum Gasteiger partial charge on any atom is -0.481 e. The van der Waals surface area contributed by atoms with E-state index in [0.29, 0.717) is 32.0 Å². The third-order valence-corrected chi connectivity index (χ3v) is 3.40. The summed E-state index contributed by atoms with van der Waals surface area (Å²) in [5.41, 5.74) is -0.699. The molecule has 1 aromatic rings. The van der Waals surface area contributed by atoms with Crippen LogP contribution in [-0.4, -0.2) is 40.7 Å². The van der Waals surface area contributed by atoms with Crippen molar-refractivity contribution in [3.8, 4) is 5.88 Å². The molecule has 0 aromatic carbocycles. The molecule has 0 spiro atoms. The molecule has 0 saturated carbocycles. The van der Waals surface area contributed by atoms with E-state index >= 15 is 0 Å². The van der Waals surface area contributed by atoms with E-state index in [2.05, 4.69) is 9.97 Å². The van der Waals surface area contributed by atoms with Gasteiger partial charge in [0.1, 0.15) is 12.1 Å². The first-order chi connectivity index (χ1) is 9.05. The van der Waals surface area contributed by atoms with Crippen molar-refractivity contribution in [2.75, 3.05) is 24.6 Å². The minimum atomic E-state index is -0.758. The van der Waals surface area contributed by atoms with E-state index in [9.17, 15) is 9.90 Å². The molecular weight excluding hydrogens is 246 g/mol. The highest BCUT2D eigenvalue weighted by atomic mass is 16.5. The van der Waals surface area contributed by atoms with Gasteiger partial charge in [-0.1, -0.05) is 6.92 Å². The molecule has 1 unspecified atom stereocenters. The fourth-order valence-corrected chi connectivity index (χ4v) is 2.12. The first-order valence-corrected chi connectivity index (χ1v) is 6.48. The van der Waals surface area contributed by atoms with Crippen molar-refractivity contribution in [3.63, 3.8) is 0 Å². The molecule has 0 radical (unpaired) electrons. The Morgan fingerprint density at radius 3 is 3.00 bits per heavy atom. The molecule has 1 N–H and O–H groups in total. The zero-order valence-electron chi connectivity index (χ0n) is 11.3. The molecule has 6 heteroatoms. The second kappa shape index (κ2) is 5.42. The van der Waals surface area contributed by atoms with Gasteiger partial charge in [-0.25, -0.2) is 9.97 Å². The first-order valence-electron chi connectivity index (χ1n) is 6.48. The quantitative estimate of drug-likeness (QED) is 0.871. The minimum absolute atomic E-state index is 0.465. The Labute approximate surface area is 112 Å². The van der Waals surface area contributed by atoms with Crippen LogP contribution in [0, 0.1) is 5.41 Å². The maximum atomic E-state index is 11.2. The number of carbonyl (C=O) groups is 1. The van der Waals surface area contributed by atoms with E-state index in [4.69, 9.17) is 4.74 Å². The van der Waals surface area contributed by atoms with Crippen molar-refractivity contribution in [3.05, 3.63) is 12.4 Å². The Kier molecular flexibility index (Phi) is 3.87. The lowest BCUT2D eigenvalue weighted by atomic mass is 9.90. The molecule has 2 rings (SSSR count). The van der Waals surface area contributed by atoms with Crippen LogP contribution in [0.5, 0.6) is 5.88 Å². The van der Waals surface area contributed by atoms with Gasteiger partial charge < -0.3 is 14.7 Å². The SMILES string of the molecule is CCCOc1cc(N2CCC(C)(C(=O)O)C2)ncn1. The fraction of sp³-hybridized carbons (Fsp3) is 0.615. The van der Waals surface area contributed by atoms with E-state index in [-0.39, 0.29) is 0 Å². The number of carboxylic acids is 1. The van der Waals surface area contributed by atoms with Crippen LogP contribution >= 0.6 is 0 Å². The van der Waals surface area contributed by atoms with Crippen molar-refractivity contribution < 1.29 is 14.6 Å².